The fourth-order valence-electron chi connectivity index (χ4n) is 4.61. The number of rotatable bonds is 5. The molecule has 8 heteroatoms. The van der Waals surface area contributed by atoms with E-state index in [0.29, 0.717) is 53.3 Å². The number of hydrogen-bond donors (Lipinski definition) is 1. The van der Waals surface area contributed by atoms with E-state index in [4.69, 9.17) is 9.47 Å². The van der Waals surface area contributed by atoms with E-state index in [2.05, 4.69) is 9.97 Å². The largest absolute Gasteiger partial charge is 0.493 e. The van der Waals surface area contributed by atoms with E-state index in [1.165, 1.54) is 26.4 Å². The number of benzene rings is 3. The third-order valence-electron chi connectivity index (χ3n) is 6.29. The number of ether oxygens (including phenoxy) is 2. The fraction of sp³-hybridized carbons (Fsp3) is 0.231. The van der Waals surface area contributed by atoms with Crippen LogP contribution in [0.2, 0.25) is 0 Å². The summed E-state index contributed by atoms with van der Waals surface area (Å²) in [5, 5.41) is 0.367. The molecule has 0 amide bonds. The van der Waals surface area contributed by atoms with Crippen molar-refractivity contribution < 1.29 is 18.3 Å². The van der Waals surface area contributed by atoms with Crippen LogP contribution in [0.3, 0.4) is 0 Å². The summed E-state index contributed by atoms with van der Waals surface area (Å²) in [5.41, 5.74) is 2.60. The van der Waals surface area contributed by atoms with Crippen LogP contribution in [-0.4, -0.2) is 30.7 Å². The van der Waals surface area contributed by atoms with Gasteiger partial charge in [0, 0.05) is 12.6 Å². The first-order chi connectivity index (χ1) is 16.5. The minimum Gasteiger partial charge on any atom is -0.493 e. The van der Waals surface area contributed by atoms with Crippen molar-refractivity contribution in [2.45, 2.75) is 18.9 Å². The van der Waals surface area contributed by atoms with Crippen LogP contribution in [0.1, 0.15) is 22.7 Å². The van der Waals surface area contributed by atoms with Crippen LogP contribution < -0.4 is 19.9 Å². The van der Waals surface area contributed by atoms with Crippen molar-refractivity contribution in [2.24, 2.45) is 0 Å². The molecule has 1 aromatic heterocycles. The first kappa shape index (κ1) is 21.9. The third-order valence-corrected chi connectivity index (χ3v) is 6.29. The predicted octanol–water partition coefficient (Wildman–Crippen LogP) is 4.57. The molecule has 1 aliphatic heterocycles. The monoisotopic (exact) mass is 463 g/mol. The van der Waals surface area contributed by atoms with Crippen LogP contribution >= 0.6 is 0 Å². The smallest absolute Gasteiger partial charge is 0.282 e. The molecule has 3 aromatic carbocycles. The number of anilines is 1. The molecule has 2 heterocycles. The number of fused-ring (bicyclic) bond motifs is 2. The molecule has 1 unspecified atom stereocenters. The molecule has 0 aliphatic carbocycles. The fourth-order valence-corrected chi connectivity index (χ4v) is 4.61. The standard InChI is InChI=1S/C26H23F2N3O3/c1-33-23-13-18-21(14-24(23)34-2)29-26(30-25(18)32)31-9-8-16-11-19(27)20(28)12-17(16)22(31)10-15-6-4-3-5-7-15/h3-7,11-14,22H,8-10H2,1-2H3,(H,29,30,32). The molecule has 4 aromatic rings. The van der Waals surface area contributed by atoms with Crippen molar-refractivity contribution in [1.82, 2.24) is 9.97 Å². The van der Waals surface area contributed by atoms with Gasteiger partial charge in [0.1, 0.15) is 0 Å². The summed E-state index contributed by atoms with van der Waals surface area (Å²) in [5.74, 6) is -0.480. The number of methoxy groups -OCH3 is 2. The third kappa shape index (κ3) is 3.85. The number of aromatic nitrogens is 2. The molecule has 0 fully saturated rings. The Balaban J connectivity index is 1.64. The Kier molecular flexibility index (Phi) is 5.65. The minimum atomic E-state index is -0.893. The normalized spacial score (nSPS) is 15.3. The maximum absolute atomic E-state index is 14.3. The Bertz CT molecular complexity index is 1420. The highest BCUT2D eigenvalue weighted by Gasteiger charge is 2.31. The molecule has 1 aliphatic rings. The highest BCUT2D eigenvalue weighted by Crippen LogP contribution is 2.37. The number of aromatic amines is 1. The van der Waals surface area contributed by atoms with Gasteiger partial charge in [-0.05, 0) is 47.7 Å². The second kappa shape index (κ2) is 8.78. The number of halogens is 2. The van der Waals surface area contributed by atoms with Crippen LogP contribution in [0.15, 0.2) is 59.4 Å². The number of nitrogens with zero attached hydrogens (tertiary/aromatic N) is 2. The van der Waals surface area contributed by atoms with E-state index in [1.807, 2.05) is 35.2 Å². The van der Waals surface area contributed by atoms with Crippen molar-refractivity contribution >= 4 is 16.9 Å². The van der Waals surface area contributed by atoms with Crippen LogP contribution in [0, 0.1) is 11.6 Å². The predicted molar refractivity (Wildman–Crippen MR) is 126 cm³/mol. The van der Waals surface area contributed by atoms with Gasteiger partial charge in [-0.2, -0.15) is 4.98 Å². The Labute approximate surface area is 194 Å². The second-order valence-corrected chi connectivity index (χ2v) is 8.23. The van der Waals surface area contributed by atoms with E-state index in [9.17, 15) is 13.6 Å². The molecular weight excluding hydrogens is 440 g/mol. The lowest BCUT2D eigenvalue weighted by Gasteiger charge is -2.38. The van der Waals surface area contributed by atoms with Gasteiger partial charge >= 0.3 is 0 Å². The Morgan fingerprint density at radius 2 is 1.74 bits per heavy atom. The maximum Gasteiger partial charge on any atom is 0.282 e. The van der Waals surface area contributed by atoms with Gasteiger partial charge in [-0.1, -0.05) is 30.3 Å². The molecule has 0 radical (unpaired) electrons. The molecule has 0 spiro atoms. The number of H-pyrrole nitrogens is 1. The van der Waals surface area contributed by atoms with E-state index < -0.39 is 17.2 Å². The average Bonchev–Trinajstić information content (AvgIpc) is 2.85. The van der Waals surface area contributed by atoms with Gasteiger partial charge in [0.15, 0.2) is 23.1 Å². The summed E-state index contributed by atoms with van der Waals surface area (Å²) in [7, 11) is 3.02. The summed E-state index contributed by atoms with van der Waals surface area (Å²) in [6.45, 7) is 0.483. The molecule has 1 N–H and O–H groups in total. The van der Waals surface area contributed by atoms with Gasteiger partial charge in [-0.25, -0.2) is 8.78 Å². The lowest BCUT2D eigenvalue weighted by molar-refractivity contribution is 0.355. The van der Waals surface area contributed by atoms with Gasteiger partial charge in [0.2, 0.25) is 5.95 Å². The van der Waals surface area contributed by atoms with Crippen molar-refractivity contribution in [3.8, 4) is 11.5 Å². The van der Waals surface area contributed by atoms with Gasteiger partial charge in [0.25, 0.3) is 5.56 Å². The van der Waals surface area contributed by atoms with Gasteiger partial charge in [-0.15, -0.1) is 0 Å². The zero-order valence-corrected chi connectivity index (χ0v) is 18.8. The molecular formula is C26H23F2N3O3. The zero-order valence-electron chi connectivity index (χ0n) is 18.8. The molecule has 6 nitrogen and oxygen atoms in total. The van der Waals surface area contributed by atoms with Gasteiger partial charge in [-0.3, -0.25) is 4.79 Å². The van der Waals surface area contributed by atoms with Gasteiger partial charge < -0.3 is 19.4 Å². The van der Waals surface area contributed by atoms with Gasteiger partial charge in [0.05, 0.1) is 31.2 Å². The second-order valence-electron chi connectivity index (χ2n) is 8.23. The molecule has 1 atom stereocenters. The highest BCUT2D eigenvalue weighted by molar-refractivity contribution is 5.82. The molecule has 0 saturated carbocycles. The Morgan fingerprint density at radius 3 is 2.47 bits per heavy atom. The maximum atomic E-state index is 14.3. The van der Waals surface area contributed by atoms with Crippen LogP contribution in [-0.2, 0) is 12.8 Å². The molecule has 0 saturated heterocycles. The summed E-state index contributed by atoms with van der Waals surface area (Å²) >= 11 is 0. The average molecular weight is 463 g/mol. The van der Waals surface area contributed by atoms with E-state index >= 15 is 0 Å². The SMILES string of the molecule is COc1cc2[nH]c(N3CCc4cc(F)c(F)cc4C3Cc3ccccc3)nc(=O)c2cc1OC. The quantitative estimate of drug-likeness (QED) is 0.470. The zero-order chi connectivity index (χ0) is 23.8. The van der Waals surface area contributed by atoms with Crippen molar-refractivity contribution in [3.05, 3.63) is 93.3 Å². The van der Waals surface area contributed by atoms with Crippen LogP contribution in [0.5, 0.6) is 11.5 Å². The molecule has 0 bridgehead atoms. The first-order valence-electron chi connectivity index (χ1n) is 10.9. The van der Waals surface area contributed by atoms with Crippen molar-refractivity contribution in [2.75, 3.05) is 25.7 Å². The first-order valence-corrected chi connectivity index (χ1v) is 10.9. The summed E-state index contributed by atoms with van der Waals surface area (Å²) in [6, 6.07) is 15.2. The molecule has 5 rings (SSSR count). The molecule has 174 valence electrons. The Hall–Kier alpha value is -3.94. The molecule has 34 heavy (non-hydrogen) atoms. The Morgan fingerprint density at radius 1 is 1.03 bits per heavy atom. The number of hydrogen-bond acceptors (Lipinski definition) is 5. The van der Waals surface area contributed by atoms with E-state index in [-0.39, 0.29) is 6.04 Å². The summed E-state index contributed by atoms with van der Waals surface area (Å²) in [4.78, 5) is 22.5. The van der Waals surface area contributed by atoms with Crippen molar-refractivity contribution in [1.29, 1.82) is 0 Å². The summed E-state index contributed by atoms with van der Waals surface area (Å²) < 4.78 is 38.9. The van der Waals surface area contributed by atoms with Crippen LogP contribution in [0.25, 0.3) is 10.9 Å². The lowest BCUT2D eigenvalue weighted by Crippen LogP contribution is -2.39. The van der Waals surface area contributed by atoms with E-state index in [1.54, 1.807) is 12.1 Å². The highest BCUT2D eigenvalue weighted by atomic mass is 19.2. The van der Waals surface area contributed by atoms with E-state index in [0.717, 1.165) is 11.1 Å². The topological polar surface area (TPSA) is 67.5 Å². The lowest BCUT2D eigenvalue weighted by atomic mass is 9.88. The minimum absolute atomic E-state index is 0.345. The van der Waals surface area contributed by atoms with Crippen LogP contribution in [0.4, 0.5) is 14.7 Å². The number of nitrogens with one attached hydrogen (secondary N) is 1. The summed E-state index contributed by atoms with van der Waals surface area (Å²) in [6.07, 6.45) is 1.03. The van der Waals surface area contributed by atoms with Crippen molar-refractivity contribution in [3.63, 3.8) is 0 Å².